The van der Waals surface area contributed by atoms with Gasteiger partial charge in [0, 0.05) is 0 Å². The van der Waals surface area contributed by atoms with Crippen molar-refractivity contribution in [1.82, 2.24) is 29.8 Å². The summed E-state index contributed by atoms with van der Waals surface area (Å²) in [7, 11) is 0. The molecule has 0 bridgehead atoms. The molecule has 1 amide bonds. The van der Waals surface area contributed by atoms with Gasteiger partial charge in [-0.3, -0.25) is 0 Å². The summed E-state index contributed by atoms with van der Waals surface area (Å²) in [6, 6.07) is 7.86. The van der Waals surface area contributed by atoms with E-state index in [1.807, 2.05) is 32.9 Å². The number of hydrogen-bond donors (Lipinski definition) is 0. The Bertz CT molecular complexity index is 1510. The fraction of sp³-hybridized carbons (Fsp3) is 0.385. The number of pyridine rings is 2. The molecule has 0 saturated carbocycles. The second kappa shape index (κ2) is 9.64. The van der Waals surface area contributed by atoms with Crippen molar-refractivity contribution < 1.29 is 14.1 Å². The molecule has 11 heteroatoms. The van der Waals surface area contributed by atoms with Crippen molar-refractivity contribution in [3.63, 3.8) is 0 Å². The van der Waals surface area contributed by atoms with Crippen LogP contribution in [0.25, 0.3) is 28.2 Å². The summed E-state index contributed by atoms with van der Waals surface area (Å²) in [5.41, 5.74) is 2.35. The Balaban J connectivity index is 1.39. The normalized spacial score (nSPS) is 14.5. The van der Waals surface area contributed by atoms with E-state index in [4.69, 9.17) is 14.5 Å². The Morgan fingerprint density at radius 2 is 1.97 bits per heavy atom. The van der Waals surface area contributed by atoms with E-state index in [9.17, 15) is 4.79 Å². The molecule has 10 nitrogen and oxygen atoms in total. The number of aromatic nitrogens is 5. The molecule has 1 fully saturated rings. The molecule has 189 valence electrons. The molecule has 37 heavy (non-hydrogen) atoms. The van der Waals surface area contributed by atoms with Crippen LogP contribution in [0.15, 0.2) is 41.3 Å². The number of fused-ring (bicyclic) bond motifs is 1. The van der Waals surface area contributed by atoms with Gasteiger partial charge in [-0.2, -0.15) is 0 Å². The second-order valence-corrected chi connectivity index (χ2v) is 14.0. The van der Waals surface area contributed by atoms with Gasteiger partial charge in [-0.05, 0) is 0 Å². The van der Waals surface area contributed by atoms with E-state index in [0.717, 1.165) is 21.0 Å². The monoisotopic (exact) mass is 560 g/mol. The standard InChI is InChI=1S/C26H27AsN7O3/c1-15(2)27-20-7-23(34-24-17(11-31-34)6-16(9-28)10-30-24)29-12-19(20)22-8-21(32-37-22)18-13-33(14-18)25(35)36-26(3,4)5/h6-8,10-12,15,18H,13-14H2,1-5H3. The number of hydrogen-bond acceptors (Lipinski definition) is 8. The molecule has 5 rings (SSSR count). The first-order chi connectivity index (χ1) is 17.6. The van der Waals surface area contributed by atoms with Gasteiger partial charge in [-0.15, -0.1) is 0 Å². The Morgan fingerprint density at radius 1 is 1.19 bits per heavy atom. The topological polar surface area (TPSA) is 123 Å². The van der Waals surface area contributed by atoms with E-state index >= 15 is 0 Å². The fourth-order valence-electron chi connectivity index (χ4n) is 4.02. The van der Waals surface area contributed by atoms with Crippen LogP contribution in [-0.4, -0.2) is 70.3 Å². The maximum atomic E-state index is 12.3. The van der Waals surface area contributed by atoms with Crippen molar-refractivity contribution in [2.75, 3.05) is 13.1 Å². The van der Waals surface area contributed by atoms with Crippen LogP contribution in [-0.2, 0) is 4.74 Å². The van der Waals surface area contributed by atoms with Crippen molar-refractivity contribution in [3.8, 4) is 23.2 Å². The average molecular weight is 560 g/mol. The Morgan fingerprint density at radius 3 is 2.68 bits per heavy atom. The van der Waals surface area contributed by atoms with Crippen LogP contribution in [0, 0.1) is 11.3 Å². The molecule has 0 N–H and O–H groups in total. The first kappa shape index (κ1) is 25.0. The quantitative estimate of drug-likeness (QED) is 0.338. The zero-order valence-electron chi connectivity index (χ0n) is 21.3. The second-order valence-electron chi connectivity index (χ2n) is 10.3. The summed E-state index contributed by atoms with van der Waals surface area (Å²) in [4.78, 5) is 23.0. The van der Waals surface area contributed by atoms with Crippen LogP contribution in [0.2, 0.25) is 4.71 Å². The minimum absolute atomic E-state index is 0.110. The Hall–Kier alpha value is -3.70. The number of nitriles is 1. The number of ether oxygens (including phenoxy) is 1. The van der Waals surface area contributed by atoms with E-state index in [0.29, 0.717) is 40.6 Å². The molecule has 5 heterocycles. The molecule has 0 aromatic carbocycles. The number of nitrogens with zero attached hydrogens (tertiary/aromatic N) is 7. The zero-order chi connectivity index (χ0) is 26.3. The van der Waals surface area contributed by atoms with Crippen LogP contribution in [0.1, 0.15) is 51.8 Å². The van der Waals surface area contributed by atoms with Gasteiger partial charge in [0.1, 0.15) is 0 Å². The molecule has 1 aliphatic rings. The van der Waals surface area contributed by atoms with E-state index in [2.05, 4.69) is 40.1 Å². The summed E-state index contributed by atoms with van der Waals surface area (Å²) in [6.07, 6.45) is 4.73. The summed E-state index contributed by atoms with van der Waals surface area (Å²) in [6.45, 7) is 11.1. The first-order valence-corrected chi connectivity index (χ1v) is 14.0. The van der Waals surface area contributed by atoms with E-state index in [1.165, 1.54) is 6.20 Å². The average Bonchev–Trinajstić information content (AvgIpc) is 3.43. The van der Waals surface area contributed by atoms with Gasteiger partial charge in [0.05, 0.1) is 0 Å². The van der Waals surface area contributed by atoms with E-state index in [-0.39, 0.29) is 27.8 Å². The third kappa shape index (κ3) is 5.23. The third-order valence-corrected chi connectivity index (χ3v) is 8.21. The molecular formula is C26H27AsN7O3. The van der Waals surface area contributed by atoms with E-state index < -0.39 is 5.60 Å². The van der Waals surface area contributed by atoms with Gasteiger partial charge in [0.25, 0.3) is 0 Å². The molecule has 1 saturated heterocycles. The van der Waals surface area contributed by atoms with Gasteiger partial charge >= 0.3 is 222 Å². The fourth-order valence-corrected chi connectivity index (χ4v) is 6.23. The predicted molar refractivity (Wildman–Crippen MR) is 138 cm³/mol. The Labute approximate surface area is 221 Å². The van der Waals surface area contributed by atoms with Crippen LogP contribution in [0.4, 0.5) is 4.79 Å². The minimum atomic E-state index is -0.518. The third-order valence-electron chi connectivity index (χ3n) is 5.76. The van der Waals surface area contributed by atoms with Crippen LogP contribution in [0.3, 0.4) is 0 Å². The number of likely N-dealkylation sites (tertiary alicyclic amines) is 1. The van der Waals surface area contributed by atoms with Gasteiger partial charge in [-0.1, -0.05) is 0 Å². The Kier molecular flexibility index (Phi) is 6.50. The summed E-state index contributed by atoms with van der Waals surface area (Å²) >= 11 is -0.183. The summed E-state index contributed by atoms with van der Waals surface area (Å²) in [5, 5.41) is 18.7. The number of carbonyl (C=O) groups excluding carboxylic acids is 1. The number of amides is 1. The maximum absolute atomic E-state index is 12.3. The van der Waals surface area contributed by atoms with E-state index in [1.54, 1.807) is 28.0 Å². The van der Waals surface area contributed by atoms with Crippen LogP contribution >= 0.6 is 0 Å². The summed E-state index contributed by atoms with van der Waals surface area (Å²) in [5.74, 6) is 1.44. The van der Waals surface area contributed by atoms with Crippen molar-refractivity contribution in [3.05, 3.63) is 48.0 Å². The van der Waals surface area contributed by atoms with Gasteiger partial charge in [0.2, 0.25) is 0 Å². The van der Waals surface area contributed by atoms with Crippen molar-refractivity contribution in [2.45, 2.75) is 50.8 Å². The van der Waals surface area contributed by atoms with Crippen molar-refractivity contribution in [2.24, 2.45) is 0 Å². The molecule has 0 atom stereocenters. The van der Waals surface area contributed by atoms with Gasteiger partial charge < -0.3 is 0 Å². The molecule has 0 unspecified atom stereocenters. The van der Waals surface area contributed by atoms with Gasteiger partial charge in [-0.25, -0.2) is 0 Å². The number of carbonyl (C=O) groups is 1. The zero-order valence-corrected chi connectivity index (χ0v) is 23.2. The van der Waals surface area contributed by atoms with Gasteiger partial charge in [0.15, 0.2) is 0 Å². The molecular weight excluding hydrogens is 533 g/mol. The van der Waals surface area contributed by atoms with Crippen LogP contribution < -0.4 is 4.35 Å². The number of rotatable bonds is 5. The van der Waals surface area contributed by atoms with Crippen molar-refractivity contribution in [1.29, 1.82) is 5.26 Å². The molecule has 4 aromatic rings. The predicted octanol–water partition coefficient (Wildman–Crippen LogP) is 3.83. The SMILES string of the molecule is CC(C)[As]c1cc(-n2ncc3cc(C#N)cnc32)ncc1-c1cc(C2CN(C(=O)OC(C)(C)C)C2)no1. The van der Waals surface area contributed by atoms with Crippen LogP contribution in [0.5, 0.6) is 0 Å². The first-order valence-electron chi connectivity index (χ1n) is 12.0. The molecule has 1 aliphatic heterocycles. The molecule has 0 spiro atoms. The van der Waals surface area contributed by atoms with Crippen molar-refractivity contribution >= 4 is 37.2 Å². The molecule has 4 aromatic heterocycles. The summed E-state index contributed by atoms with van der Waals surface area (Å²) < 4.78 is 14.5. The molecule has 1 radical (unpaired) electrons. The molecule has 0 aliphatic carbocycles.